The molecule has 126 valence electrons. The molecule has 0 atom stereocenters. The molecule has 0 spiro atoms. The molecular formula is C20H23NO2S. The Hall–Kier alpha value is -1.65. The Morgan fingerprint density at radius 2 is 1.42 bits per heavy atom. The fraction of sp³-hybridized carbons (Fsp3) is 0.400. The highest BCUT2D eigenvalue weighted by molar-refractivity contribution is 7.89. The first-order chi connectivity index (χ1) is 11.7. The molecule has 1 saturated carbocycles. The second-order valence-electron chi connectivity index (χ2n) is 6.99. The molecule has 1 aliphatic heterocycles. The second-order valence-corrected chi connectivity index (χ2v) is 8.90. The third-order valence-electron chi connectivity index (χ3n) is 5.53. The third kappa shape index (κ3) is 2.78. The van der Waals surface area contributed by atoms with Gasteiger partial charge < -0.3 is 0 Å². The van der Waals surface area contributed by atoms with Gasteiger partial charge in [0.05, 0.1) is 4.90 Å². The van der Waals surface area contributed by atoms with Crippen molar-refractivity contribution in [3.8, 4) is 11.1 Å². The lowest BCUT2D eigenvalue weighted by atomic mass is 9.86. The Labute approximate surface area is 144 Å². The van der Waals surface area contributed by atoms with Crippen LogP contribution in [-0.4, -0.2) is 25.8 Å². The van der Waals surface area contributed by atoms with Crippen LogP contribution in [0.3, 0.4) is 0 Å². The van der Waals surface area contributed by atoms with Crippen LogP contribution in [0.25, 0.3) is 11.1 Å². The number of hydrogen-bond acceptors (Lipinski definition) is 2. The van der Waals surface area contributed by atoms with E-state index in [4.69, 9.17) is 0 Å². The first-order valence-electron chi connectivity index (χ1n) is 8.81. The maximum atomic E-state index is 13.1. The predicted octanol–water partition coefficient (Wildman–Crippen LogP) is 4.16. The number of benzene rings is 2. The minimum absolute atomic E-state index is 0.432. The normalized spacial score (nSPS) is 20.2. The standard InChI is InChI=1S/C20H23NO2S/c22-24(23,21-14-18(15-21)16-8-4-5-9-16)20-13-7-6-12-19(20)17-10-2-1-3-11-17/h1-3,6-7,10-13,16,18H,4-5,8-9,14-15H2. The Bertz CT molecular complexity index is 805. The quantitative estimate of drug-likeness (QED) is 0.837. The van der Waals surface area contributed by atoms with E-state index in [1.165, 1.54) is 25.7 Å². The van der Waals surface area contributed by atoms with Gasteiger partial charge in [0.25, 0.3) is 0 Å². The van der Waals surface area contributed by atoms with Gasteiger partial charge in [-0.3, -0.25) is 0 Å². The van der Waals surface area contributed by atoms with Crippen molar-refractivity contribution in [3.05, 3.63) is 54.6 Å². The van der Waals surface area contributed by atoms with Crippen LogP contribution in [0.5, 0.6) is 0 Å². The lowest BCUT2D eigenvalue weighted by molar-refractivity contribution is 0.137. The van der Waals surface area contributed by atoms with E-state index < -0.39 is 10.0 Å². The van der Waals surface area contributed by atoms with Crippen LogP contribution in [-0.2, 0) is 10.0 Å². The molecule has 0 bridgehead atoms. The number of sulfonamides is 1. The molecule has 3 nitrogen and oxygen atoms in total. The van der Waals surface area contributed by atoms with Crippen molar-refractivity contribution in [2.75, 3.05) is 13.1 Å². The van der Waals surface area contributed by atoms with Crippen LogP contribution in [0, 0.1) is 11.8 Å². The summed E-state index contributed by atoms with van der Waals surface area (Å²) in [5, 5.41) is 0. The van der Waals surface area contributed by atoms with Crippen molar-refractivity contribution in [1.82, 2.24) is 4.31 Å². The van der Waals surface area contributed by atoms with Crippen LogP contribution < -0.4 is 0 Å². The average Bonchev–Trinajstić information content (AvgIpc) is 3.08. The molecule has 0 radical (unpaired) electrons. The molecule has 2 fully saturated rings. The minimum atomic E-state index is -3.41. The highest BCUT2D eigenvalue weighted by atomic mass is 32.2. The van der Waals surface area contributed by atoms with E-state index in [1.807, 2.05) is 48.5 Å². The first-order valence-corrected chi connectivity index (χ1v) is 10.2. The van der Waals surface area contributed by atoms with Gasteiger partial charge in [-0.05, 0) is 23.5 Å². The van der Waals surface area contributed by atoms with Crippen LogP contribution in [0.1, 0.15) is 25.7 Å². The lowest BCUT2D eigenvalue weighted by Crippen LogP contribution is -2.52. The third-order valence-corrected chi connectivity index (χ3v) is 7.42. The molecule has 0 aromatic heterocycles. The van der Waals surface area contributed by atoms with E-state index >= 15 is 0 Å². The molecule has 1 saturated heterocycles. The van der Waals surface area contributed by atoms with Crippen molar-refractivity contribution < 1.29 is 8.42 Å². The summed E-state index contributed by atoms with van der Waals surface area (Å²) < 4.78 is 27.9. The molecule has 0 N–H and O–H groups in total. The van der Waals surface area contributed by atoms with Crippen molar-refractivity contribution in [2.45, 2.75) is 30.6 Å². The van der Waals surface area contributed by atoms with E-state index in [0.29, 0.717) is 23.9 Å². The first kappa shape index (κ1) is 15.9. The monoisotopic (exact) mass is 341 g/mol. The van der Waals surface area contributed by atoms with E-state index in [9.17, 15) is 8.42 Å². The summed E-state index contributed by atoms with van der Waals surface area (Å²) in [4.78, 5) is 0.432. The van der Waals surface area contributed by atoms with Crippen LogP contribution in [0.2, 0.25) is 0 Å². The molecule has 1 aliphatic carbocycles. The predicted molar refractivity (Wildman–Crippen MR) is 96.1 cm³/mol. The SMILES string of the molecule is O=S(=O)(c1ccccc1-c1ccccc1)N1CC(C2CCCC2)C1. The van der Waals surface area contributed by atoms with Gasteiger partial charge in [-0.15, -0.1) is 0 Å². The Balaban J connectivity index is 1.60. The molecule has 2 aliphatic rings. The summed E-state index contributed by atoms with van der Waals surface area (Å²) >= 11 is 0. The maximum absolute atomic E-state index is 13.1. The zero-order chi connectivity index (χ0) is 16.6. The summed E-state index contributed by atoms with van der Waals surface area (Å²) in [6.07, 6.45) is 5.17. The van der Waals surface area contributed by atoms with Gasteiger partial charge in [0, 0.05) is 18.7 Å². The molecule has 0 unspecified atom stereocenters. The van der Waals surface area contributed by atoms with E-state index in [0.717, 1.165) is 17.0 Å². The van der Waals surface area contributed by atoms with E-state index in [1.54, 1.807) is 10.4 Å². The van der Waals surface area contributed by atoms with Gasteiger partial charge >= 0.3 is 0 Å². The zero-order valence-electron chi connectivity index (χ0n) is 13.8. The van der Waals surface area contributed by atoms with E-state index in [2.05, 4.69) is 0 Å². The Kier molecular flexibility index (Phi) is 4.19. The van der Waals surface area contributed by atoms with Crippen LogP contribution in [0.4, 0.5) is 0 Å². The van der Waals surface area contributed by atoms with Gasteiger partial charge in [-0.2, -0.15) is 4.31 Å². The fourth-order valence-corrected chi connectivity index (χ4v) is 5.85. The summed E-state index contributed by atoms with van der Waals surface area (Å²) in [5.41, 5.74) is 1.74. The van der Waals surface area contributed by atoms with Gasteiger partial charge in [0.2, 0.25) is 10.0 Å². The molecule has 2 aromatic carbocycles. The Morgan fingerprint density at radius 1 is 0.792 bits per heavy atom. The van der Waals surface area contributed by atoms with Crippen molar-refractivity contribution in [1.29, 1.82) is 0 Å². The highest BCUT2D eigenvalue weighted by Gasteiger charge is 2.41. The molecule has 1 heterocycles. The average molecular weight is 341 g/mol. The van der Waals surface area contributed by atoms with Crippen LogP contribution >= 0.6 is 0 Å². The highest BCUT2D eigenvalue weighted by Crippen LogP contribution is 2.39. The van der Waals surface area contributed by atoms with Crippen molar-refractivity contribution >= 4 is 10.0 Å². The summed E-state index contributed by atoms with van der Waals surface area (Å²) in [6.45, 7) is 1.38. The largest absolute Gasteiger partial charge is 0.243 e. The maximum Gasteiger partial charge on any atom is 0.243 e. The van der Waals surface area contributed by atoms with Crippen molar-refractivity contribution in [3.63, 3.8) is 0 Å². The lowest BCUT2D eigenvalue weighted by Gasteiger charge is -2.41. The molecule has 2 aromatic rings. The number of rotatable bonds is 4. The smallest absolute Gasteiger partial charge is 0.207 e. The zero-order valence-corrected chi connectivity index (χ0v) is 14.6. The van der Waals surface area contributed by atoms with E-state index in [-0.39, 0.29) is 0 Å². The summed E-state index contributed by atoms with van der Waals surface area (Å²) in [6, 6.07) is 17.1. The van der Waals surface area contributed by atoms with Gasteiger partial charge in [-0.1, -0.05) is 74.2 Å². The Morgan fingerprint density at radius 3 is 2.12 bits per heavy atom. The fourth-order valence-electron chi connectivity index (χ4n) is 4.08. The molecular weight excluding hydrogens is 318 g/mol. The summed E-state index contributed by atoms with van der Waals surface area (Å²) in [5.74, 6) is 1.30. The van der Waals surface area contributed by atoms with Gasteiger partial charge in [-0.25, -0.2) is 8.42 Å². The molecule has 24 heavy (non-hydrogen) atoms. The number of hydrogen-bond donors (Lipinski definition) is 0. The van der Waals surface area contributed by atoms with Crippen LogP contribution in [0.15, 0.2) is 59.5 Å². The van der Waals surface area contributed by atoms with Crippen molar-refractivity contribution in [2.24, 2.45) is 11.8 Å². The second kappa shape index (κ2) is 6.34. The van der Waals surface area contributed by atoms with Gasteiger partial charge in [0.1, 0.15) is 0 Å². The number of nitrogens with zero attached hydrogens (tertiary/aromatic N) is 1. The minimum Gasteiger partial charge on any atom is -0.207 e. The molecule has 0 amide bonds. The molecule has 4 heteroatoms. The summed E-state index contributed by atoms with van der Waals surface area (Å²) in [7, 11) is -3.41. The topological polar surface area (TPSA) is 37.4 Å². The van der Waals surface area contributed by atoms with Gasteiger partial charge in [0.15, 0.2) is 0 Å². The molecule has 4 rings (SSSR count).